The van der Waals surface area contributed by atoms with Gasteiger partial charge < -0.3 is 15.2 Å². The topological polar surface area (TPSA) is 125 Å². The summed E-state index contributed by atoms with van der Waals surface area (Å²) in [5.74, 6) is -3.28. The number of ether oxygens (including phenoxy) is 1. The maximum Gasteiger partial charge on any atom is 0.341 e. The molecule has 0 bridgehead atoms. The summed E-state index contributed by atoms with van der Waals surface area (Å²) in [5.41, 5.74) is 2.16. The molecule has 3 aromatic carbocycles. The number of thioether (sulfide) groups is 1. The van der Waals surface area contributed by atoms with Crippen molar-refractivity contribution in [3.8, 4) is 5.75 Å². The Kier molecular flexibility index (Phi) is 12.3. The first kappa shape index (κ1) is 35.0. The standard InChI is InChI=1S/C35H29Cl2N3O6S/c1-3-5-16-25(4-2)40-34(45)26(17-22-18-27(36)32(28(37)19-22)46-20-30(42)43)33(44)39-35(40)47-21-29(41)38-31(23-12-8-6-9-13-23)24-14-10-7-11-15-24/h3-19,31H,1,20-21H2,2H3,(H,38,41)(H,42,43)/b16-5-,25-4+,26-17+. The number of carbonyl (C=O) groups excluding carboxylic acids is 3. The van der Waals surface area contributed by atoms with Crippen LogP contribution in [0.15, 0.2) is 120 Å². The normalized spacial score (nSPS) is 14.5. The SMILES string of the molecule is C=C/C=C\C(=C/C)N1C(=O)/C(=C/c2cc(Cl)c(OCC(=O)O)c(Cl)c2)C(=O)N=C1SCC(=O)NC(c1ccccc1)c1ccccc1. The van der Waals surface area contributed by atoms with Crippen LogP contribution in [0.4, 0.5) is 0 Å². The van der Waals surface area contributed by atoms with Gasteiger partial charge in [-0.05, 0) is 47.9 Å². The quantitative estimate of drug-likeness (QED) is 0.121. The monoisotopic (exact) mass is 689 g/mol. The van der Waals surface area contributed by atoms with E-state index in [2.05, 4.69) is 16.9 Å². The van der Waals surface area contributed by atoms with Gasteiger partial charge in [-0.3, -0.25) is 19.3 Å². The first-order chi connectivity index (χ1) is 22.6. The van der Waals surface area contributed by atoms with Crippen LogP contribution in [0.2, 0.25) is 10.0 Å². The van der Waals surface area contributed by atoms with Crippen molar-refractivity contribution in [3.05, 3.63) is 142 Å². The van der Waals surface area contributed by atoms with Crippen LogP contribution in [-0.4, -0.2) is 51.2 Å². The van der Waals surface area contributed by atoms with Gasteiger partial charge in [-0.1, -0.05) is 120 Å². The van der Waals surface area contributed by atoms with Crippen LogP contribution in [0.25, 0.3) is 6.08 Å². The van der Waals surface area contributed by atoms with Gasteiger partial charge in [-0.25, -0.2) is 4.79 Å². The van der Waals surface area contributed by atoms with Crippen LogP contribution in [-0.2, 0) is 19.2 Å². The summed E-state index contributed by atoms with van der Waals surface area (Å²) in [4.78, 5) is 56.8. The first-order valence-electron chi connectivity index (χ1n) is 14.1. The van der Waals surface area contributed by atoms with Crippen molar-refractivity contribution in [3.63, 3.8) is 0 Å². The summed E-state index contributed by atoms with van der Waals surface area (Å²) in [6.07, 6.45) is 7.71. The van der Waals surface area contributed by atoms with Crippen LogP contribution >= 0.6 is 35.0 Å². The van der Waals surface area contributed by atoms with Crippen LogP contribution in [0.5, 0.6) is 5.75 Å². The zero-order chi connectivity index (χ0) is 33.9. The van der Waals surface area contributed by atoms with E-state index in [4.69, 9.17) is 33.0 Å². The molecule has 4 rings (SSSR count). The zero-order valence-corrected chi connectivity index (χ0v) is 27.4. The van der Waals surface area contributed by atoms with Gasteiger partial charge in [-0.15, -0.1) is 0 Å². The van der Waals surface area contributed by atoms with E-state index < -0.39 is 30.4 Å². The number of aliphatic carboxylic acids is 1. The molecule has 0 aromatic heterocycles. The van der Waals surface area contributed by atoms with Crippen molar-refractivity contribution < 1.29 is 29.0 Å². The average molecular weight is 691 g/mol. The molecule has 47 heavy (non-hydrogen) atoms. The number of amides is 3. The second-order valence-corrected chi connectivity index (χ2v) is 11.6. The smallest absolute Gasteiger partial charge is 0.341 e. The van der Waals surface area contributed by atoms with Crippen molar-refractivity contribution in [2.75, 3.05) is 12.4 Å². The molecule has 0 fully saturated rings. The fourth-order valence-corrected chi connectivity index (χ4v) is 5.92. The Labute approximate surface area is 285 Å². The van der Waals surface area contributed by atoms with Gasteiger partial charge in [0.15, 0.2) is 17.5 Å². The zero-order valence-electron chi connectivity index (χ0n) is 25.1. The molecular weight excluding hydrogens is 661 g/mol. The van der Waals surface area contributed by atoms with Gasteiger partial charge >= 0.3 is 5.97 Å². The van der Waals surface area contributed by atoms with E-state index >= 15 is 0 Å². The maximum atomic E-state index is 13.9. The molecule has 12 heteroatoms. The number of nitrogens with one attached hydrogen (secondary N) is 1. The van der Waals surface area contributed by atoms with Gasteiger partial charge in [0.05, 0.1) is 21.8 Å². The number of nitrogens with zero attached hydrogens (tertiary/aromatic N) is 2. The Morgan fingerprint density at radius 1 is 1.04 bits per heavy atom. The Morgan fingerprint density at radius 2 is 1.64 bits per heavy atom. The van der Waals surface area contributed by atoms with E-state index in [1.165, 1.54) is 29.2 Å². The van der Waals surface area contributed by atoms with E-state index in [0.717, 1.165) is 22.9 Å². The van der Waals surface area contributed by atoms with Gasteiger partial charge in [0, 0.05) is 5.70 Å². The molecule has 9 nitrogen and oxygen atoms in total. The highest BCUT2D eigenvalue weighted by Crippen LogP contribution is 2.35. The van der Waals surface area contributed by atoms with Crippen molar-refractivity contribution in [1.82, 2.24) is 10.2 Å². The van der Waals surface area contributed by atoms with Crippen LogP contribution < -0.4 is 10.1 Å². The predicted octanol–water partition coefficient (Wildman–Crippen LogP) is 6.85. The van der Waals surface area contributed by atoms with Crippen molar-refractivity contribution in [2.45, 2.75) is 13.0 Å². The van der Waals surface area contributed by atoms with Gasteiger partial charge in [0.25, 0.3) is 11.8 Å². The summed E-state index contributed by atoms with van der Waals surface area (Å²) >= 11 is 13.5. The third kappa shape index (κ3) is 9.10. The third-order valence-corrected chi connectivity index (χ3v) is 8.08. The number of hydrogen-bond acceptors (Lipinski definition) is 6. The summed E-state index contributed by atoms with van der Waals surface area (Å²) in [7, 11) is 0. The highest BCUT2D eigenvalue weighted by Gasteiger charge is 2.35. The Morgan fingerprint density at radius 3 is 2.17 bits per heavy atom. The fraction of sp³-hybridized carbons (Fsp3) is 0.114. The number of carboxylic acids is 1. The maximum absolute atomic E-state index is 13.9. The van der Waals surface area contributed by atoms with Crippen molar-refractivity contribution in [2.24, 2.45) is 4.99 Å². The summed E-state index contributed by atoms with van der Waals surface area (Å²) in [5, 5.41) is 11.9. The summed E-state index contributed by atoms with van der Waals surface area (Å²) in [6.45, 7) is 4.73. The van der Waals surface area contributed by atoms with Gasteiger partial charge in [0.1, 0.15) is 5.57 Å². The lowest BCUT2D eigenvalue weighted by molar-refractivity contribution is -0.139. The van der Waals surface area contributed by atoms with E-state index in [9.17, 15) is 19.2 Å². The van der Waals surface area contributed by atoms with Crippen LogP contribution in [0.3, 0.4) is 0 Å². The van der Waals surface area contributed by atoms with Crippen molar-refractivity contribution >= 4 is 69.9 Å². The largest absolute Gasteiger partial charge is 0.479 e. The third-order valence-electron chi connectivity index (χ3n) is 6.58. The molecule has 3 aromatic rings. The minimum absolute atomic E-state index is 0.0126. The van der Waals surface area contributed by atoms with Crippen LogP contribution in [0.1, 0.15) is 29.7 Å². The lowest BCUT2D eigenvalue weighted by Gasteiger charge is -2.28. The Hall–Kier alpha value is -4.90. The minimum atomic E-state index is -1.22. The Bertz CT molecular complexity index is 1740. The molecule has 0 saturated carbocycles. The molecule has 0 spiro atoms. The fourth-order valence-electron chi connectivity index (χ4n) is 4.49. The molecule has 0 aliphatic carbocycles. The average Bonchev–Trinajstić information content (AvgIpc) is 3.06. The number of amidine groups is 1. The molecule has 240 valence electrons. The highest BCUT2D eigenvalue weighted by molar-refractivity contribution is 8.14. The molecule has 3 amide bonds. The molecule has 0 radical (unpaired) electrons. The Balaban J connectivity index is 1.63. The highest BCUT2D eigenvalue weighted by atomic mass is 35.5. The van der Waals surface area contributed by atoms with E-state index in [1.807, 2.05) is 60.7 Å². The molecule has 0 unspecified atom stereocenters. The van der Waals surface area contributed by atoms with E-state index in [0.29, 0.717) is 5.70 Å². The molecule has 1 aliphatic heterocycles. The van der Waals surface area contributed by atoms with Crippen LogP contribution in [0, 0.1) is 0 Å². The van der Waals surface area contributed by atoms with Gasteiger partial charge in [0.2, 0.25) is 5.91 Å². The number of carbonyl (C=O) groups is 4. The molecular formula is C35H29Cl2N3O6S. The minimum Gasteiger partial charge on any atom is -0.479 e. The number of halogens is 2. The number of allylic oxidation sites excluding steroid dienone is 4. The van der Waals surface area contributed by atoms with E-state index in [-0.39, 0.29) is 43.8 Å². The lowest BCUT2D eigenvalue weighted by Crippen LogP contribution is -2.42. The number of rotatable bonds is 12. The lowest BCUT2D eigenvalue weighted by atomic mass is 9.99. The molecule has 1 heterocycles. The number of aliphatic imine (C=N–C) groups is 1. The molecule has 1 aliphatic rings. The second kappa shape index (κ2) is 16.6. The van der Waals surface area contributed by atoms with Gasteiger partial charge in [-0.2, -0.15) is 4.99 Å². The summed E-state index contributed by atoms with van der Waals surface area (Å²) in [6, 6.07) is 21.4. The molecule has 0 atom stereocenters. The molecule has 2 N–H and O–H groups in total. The second-order valence-electron chi connectivity index (χ2n) is 9.81. The predicted molar refractivity (Wildman–Crippen MR) is 185 cm³/mol. The molecule has 0 saturated heterocycles. The number of hydrogen-bond donors (Lipinski definition) is 2. The van der Waals surface area contributed by atoms with E-state index in [1.54, 1.807) is 25.2 Å². The number of benzene rings is 3. The van der Waals surface area contributed by atoms with Crippen molar-refractivity contribution in [1.29, 1.82) is 0 Å². The summed E-state index contributed by atoms with van der Waals surface area (Å²) < 4.78 is 5.14. The number of carboxylic acid groups (broad SMARTS) is 1. The first-order valence-corrected chi connectivity index (χ1v) is 15.9.